The number of rotatable bonds is 6. The van der Waals surface area contributed by atoms with Crippen molar-refractivity contribution in [3.05, 3.63) is 48.5 Å². The molecule has 1 saturated heterocycles. The fourth-order valence-electron chi connectivity index (χ4n) is 3.61. The number of benzene rings is 2. The summed E-state index contributed by atoms with van der Waals surface area (Å²) in [7, 11) is 1.62. The van der Waals surface area contributed by atoms with Gasteiger partial charge < -0.3 is 18.9 Å². The number of likely N-dealkylation sites (tertiary alicyclic amines) is 1. The molecule has 156 valence electrons. The molecule has 7 nitrogen and oxygen atoms in total. The van der Waals surface area contributed by atoms with Gasteiger partial charge in [0.1, 0.15) is 11.5 Å². The van der Waals surface area contributed by atoms with Gasteiger partial charge in [0.25, 0.3) is 11.8 Å². The number of aromatic nitrogens is 2. The predicted molar refractivity (Wildman–Crippen MR) is 112 cm³/mol. The van der Waals surface area contributed by atoms with E-state index in [1.165, 1.54) is 6.42 Å². The third-order valence-corrected chi connectivity index (χ3v) is 5.25. The van der Waals surface area contributed by atoms with Crippen molar-refractivity contribution in [1.82, 2.24) is 15.0 Å². The fraction of sp³-hybridized carbons (Fsp3) is 0.348. The number of ether oxygens (including phenoxy) is 2. The van der Waals surface area contributed by atoms with Crippen molar-refractivity contribution in [2.24, 2.45) is 5.92 Å². The van der Waals surface area contributed by atoms with Gasteiger partial charge in [-0.25, -0.2) is 0 Å². The van der Waals surface area contributed by atoms with E-state index in [1.807, 2.05) is 53.4 Å². The van der Waals surface area contributed by atoms with E-state index in [0.717, 1.165) is 30.8 Å². The fourth-order valence-corrected chi connectivity index (χ4v) is 3.61. The van der Waals surface area contributed by atoms with Crippen LogP contribution in [0.4, 0.5) is 0 Å². The molecule has 1 atom stereocenters. The van der Waals surface area contributed by atoms with Crippen molar-refractivity contribution in [3.8, 4) is 34.3 Å². The first kappa shape index (κ1) is 19.9. The molecule has 0 saturated carbocycles. The summed E-state index contributed by atoms with van der Waals surface area (Å²) in [5.74, 6) is 2.66. The Hall–Kier alpha value is -3.35. The molecule has 0 aliphatic carbocycles. The Labute approximate surface area is 175 Å². The second kappa shape index (κ2) is 8.98. The normalized spacial score (nSPS) is 16.3. The highest BCUT2D eigenvalue weighted by atomic mass is 16.5. The van der Waals surface area contributed by atoms with Crippen LogP contribution in [0.5, 0.6) is 11.5 Å². The van der Waals surface area contributed by atoms with E-state index in [1.54, 1.807) is 7.11 Å². The minimum Gasteiger partial charge on any atom is -0.497 e. The van der Waals surface area contributed by atoms with Crippen molar-refractivity contribution in [2.75, 3.05) is 26.8 Å². The Kier molecular flexibility index (Phi) is 5.97. The molecule has 1 aromatic heterocycles. The Bertz CT molecular complexity index is 1000. The summed E-state index contributed by atoms with van der Waals surface area (Å²) < 4.78 is 16.5. The minimum absolute atomic E-state index is 0.00314. The Balaban J connectivity index is 1.48. The summed E-state index contributed by atoms with van der Waals surface area (Å²) >= 11 is 0. The Morgan fingerprint density at radius 2 is 2.00 bits per heavy atom. The van der Waals surface area contributed by atoms with Gasteiger partial charge in [-0.15, -0.1) is 0 Å². The summed E-state index contributed by atoms with van der Waals surface area (Å²) in [6.07, 6.45) is 2.21. The van der Waals surface area contributed by atoms with E-state index in [9.17, 15) is 4.79 Å². The number of carbonyl (C=O) groups excluding carboxylic acids is 1. The first-order valence-corrected chi connectivity index (χ1v) is 10.1. The summed E-state index contributed by atoms with van der Waals surface area (Å²) in [6, 6.07) is 14.8. The molecule has 0 bridgehead atoms. The van der Waals surface area contributed by atoms with Gasteiger partial charge in [-0.2, -0.15) is 4.98 Å². The molecule has 30 heavy (non-hydrogen) atoms. The van der Waals surface area contributed by atoms with E-state index < -0.39 is 0 Å². The van der Waals surface area contributed by atoms with Crippen LogP contribution < -0.4 is 9.47 Å². The molecule has 1 amide bonds. The standard InChI is InChI=1S/C23H25N3O4/c1-16-6-5-13-26(14-16)21(27)15-29-20-8-4-3-7-19(20)22-24-23(30-25-22)17-9-11-18(28-2)12-10-17/h3-4,7-12,16H,5-6,13-15H2,1-2H3/t16-/m0/s1. The number of hydrogen-bond donors (Lipinski definition) is 0. The third-order valence-electron chi connectivity index (χ3n) is 5.25. The van der Waals surface area contributed by atoms with E-state index >= 15 is 0 Å². The highest BCUT2D eigenvalue weighted by molar-refractivity contribution is 5.78. The molecule has 2 heterocycles. The van der Waals surface area contributed by atoms with Crippen LogP contribution >= 0.6 is 0 Å². The average Bonchev–Trinajstić information content (AvgIpc) is 3.28. The quantitative estimate of drug-likeness (QED) is 0.613. The lowest BCUT2D eigenvalue weighted by atomic mass is 10.0. The van der Waals surface area contributed by atoms with Crippen LogP contribution in [-0.2, 0) is 4.79 Å². The SMILES string of the molecule is COc1ccc(-c2nc(-c3ccccc3OCC(=O)N3CCC[C@H](C)C3)no2)cc1. The van der Waals surface area contributed by atoms with Crippen molar-refractivity contribution >= 4 is 5.91 Å². The van der Waals surface area contributed by atoms with Gasteiger partial charge in [0.05, 0.1) is 12.7 Å². The van der Waals surface area contributed by atoms with Gasteiger partial charge in [0.2, 0.25) is 5.82 Å². The lowest BCUT2D eigenvalue weighted by Crippen LogP contribution is -2.41. The zero-order valence-electron chi connectivity index (χ0n) is 17.2. The molecule has 0 unspecified atom stereocenters. The molecule has 7 heteroatoms. The van der Waals surface area contributed by atoms with Crippen LogP contribution in [0.25, 0.3) is 22.8 Å². The average molecular weight is 407 g/mol. The first-order valence-electron chi connectivity index (χ1n) is 10.1. The second-order valence-electron chi connectivity index (χ2n) is 7.52. The van der Waals surface area contributed by atoms with Crippen LogP contribution in [0.3, 0.4) is 0 Å². The topological polar surface area (TPSA) is 77.7 Å². The number of nitrogens with zero attached hydrogens (tertiary/aromatic N) is 3. The van der Waals surface area contributed by atoms with Crippen LogP contribution in [-0.4, -0.2) is 47.8 Å². The molecule has 4 rings (SSSR count). The lowest BCUT2D eigenvalue weighted by molar-refractivity contribution is -0.135. The van der Waals surface area contributed by atoms with Crippen LogP contribution in [0, 0.1) is 5.92 Å². The number of carbonyl (C=O) groups is 1. The smallest absolute Gasteiger partial charge is 0.260 e. The van der Waals surface area contributed by atoms with Gasteiger partial charge >= 0.3 is 0 Å². The molecular formula is C23H25N3O4. The second-order valence-corrected chi connectivity index (χ2v) is 7.52. The van der Waals surface area contributed by atoms with E-state index in [-0.39, 0.29) is 12.5 Å². The Morgan fingerprint density at radius 1 is 1.20 bits per heavy atom. The number of para-hydroxylation sites is 1. The highest BCUT2D eigenvalue weighted by Crippen LogP contribution is 2.30. The molecule has 2 aromatic carbocycles. The molecular weight excluding hydrogens is 382 g/mol. The number of methoxy groups -OCH3 is 1. The van der Waals surface area contributed by atoms with Crippen molar-refractivity contribution in [3.63, 3.8) is 0 Å². The zero-order valence-corrected chi connectivity index (χ0v) is 17.2. The summed E-state index contributed by atoms with van der Waals surface area (Å²) in [5, 5.41) is 4.10. The molecule has 1 fully saturated rings. The first-order chi connectivity index (χ1) is 14.6. The maximum absolute atomic E-state index is 12.5. The largest absolute Gasteiger partial charge is 0.497 e. The van der Waals surface area contributed by atoms with E-state index in [2.05, 4.69) is 17.1 Å². The van der Waals surface area contributed by atoms with Gasteiger partial charge in [0, 0.05) is 18.7 Å². The van der Waals surface area contributed by atoms with Gasteiger partial charge in [-0.05, 0) is 55.2 Å². The maximum atomic E-state index is 12.5. The van der Waals surface area contributed by atoms with Crippen molar-refractivity contribution in [2.45, 2.75) is 19.8 Å². The molecule has 1 aliphatic rings. The number of piperidine rings is 1. The highest BCUT2D eigenvalue weighted by Gasteiger charge is 2.22. The molecule has 0 radical (unpaired) electrons. The zero-order chi connectivity index (χ0) is 20.9. The van der Waals surface area contributed by atoms with Crippen molar-refractivity contribution in [1.29, 1.82) is 0 Å². The Morgan fingerprint density at radius 3 is 2.77 bits per heavy atom. The monoisotopic (exact) mass is 407 g/mol. The molecule has 1 aliphatic heterocycles. The van der Waals surface area contributed by atoms with Gasteiger partial charge in [0.15, 0.2) is 6.61 Å². The molecule has 3 aromatic rings. The van der Waals surface area contributed by atoms with Gasteiger partial charge in [-0.3, -0.25) is 4.79 Å². The third kappa shape index (κ3) is 4.45. The van der Waals surface area contributed by atoms with E-state index in [4.69, 9.17) is 14.0 Å². The minimum atomic E-state index is -0.00702. The van der Waals surface area contributed by atoms with Crippen LogP contribution in [0.15, 0.2) is 53.1 Å². The van der Waals surface area contributed by atoms with E-state index in [0.29, 0.717) is 28.9 Å². The van der Waals surface area contributed by atoms with Crippen LogP contribution in [0.1, 0.15) is 19.8 Å². The number of amides is 1. The molecule has 0 spiro atoms. The predicted octanol–water partition coefficient (Wildman–Crippen LogP) is 4.05. The summed E-state index contributed by atoms with van der Waals surface area (Å²) in [4.78, 5) is 18.9. The number of hydrogen-bond acceptors (Lipinski definition) is 6. The maximum Gasteiger partial charge on any atom is 0.260 e. The molecule has 0 N–H and O–H groups in total. The lowest BCUT2D eigenvalue weighted by Gasteiger charge is -2.30. The van der Waals surface area contributed by atoms with Crippen LogP contribution in [0.2, 0.25) is 0 Å². The van der Waals surface area contributed by atoms with Crippen molar-refractivity contribution < 1.29 is 18.8 Å². The van der Waals surface area contributed by atoms with Gasteiger partial charge in [-0.1, -0.05) is 24.2 Å². The summed E-state index contributed by atoms with van der Waals surface area (Å²) in [6.45, 7) is 3.75. The summed E-state index contributed by atoms with van der Waals surface area (Å²) in [5.41, 5.74) is 1.48.